The smallest absolute Gasteiger partial charge is 0.305 e. The van der Waals surface area contributed by atoms with E-state index >= 15 is 0 Å². The van der Waals surface area contributed by atoms with E-state index in [0.29, 0.717) is 24.3 Å². The second-order valence-corrected chi connectivity index (χ2v) is 8.66. The lowest BCUT2D eigenvalue weighted by Crippen LogP contribution is -2.38. The minimum atomic E-state index is -0.114. The molecule has 6 heteroatoms. The van der Waals surface area contributed by atoms with E-state index in [1.165, 1.54) is 18.2 Å². The van der Waals surface area contributed by atoms with E-state index in [0.717, 1.165) is 70.1 Å². The van der Waals surface area contributed by atoms with E-state index in [1.807, 2.05) is 0 Å². The van der Waals surface area contributed by atoms with Crippen LogP contribution in [0.4, 0.5) is 0 Å². The fourth-order valence-corrected chi connectivity index (χ4v) is 5.21. The molecule has 0 radical (unpaired) electrons. The van der Waals surface area contributed by atoms with Crippen LogP contribution in [-0.4, -0.2) is 43.0 Å². The Morgan fingerprint density at radius 2 is 1.86 bits per heavy atom. The maximum Gasteiger partial charge on any atom is 0.305 e. The number of hydrogen-bond donors (Lipinski definition) is 1. The fraction of sp³-hybridized carbons (Fsp3) is 0.652. The van der Waals surface area contributed by atoms with Crippen molar-refractivity contribution in [2.45, 2.75) is 69.9 Å². The Bertz CT molecular complexity index is 725. The summed E-state index contributed by atoms with van der Waals surface area (Å²) < 4.78 is 4.75. The summed E-state index contributed by atoms with van der Waals surface area (Å²) in [4.78, 5) is 26.6. The van der Waals surface area contributed by atoms with Gasteiger partial charge in [-0.15, -0.1) is 12.4 Å². The number of amides is 1. The molecule has 1 saturated heterocycles. The molecule has 2 aliphatic heterocycles. The number of nitrogens with zero attached hydrogens (tertiary/aromatic N) is 1. The lowest BCUT2D eigenvalue weighted by atomic mass is 9.83. The molecule has 1 aliphatic carbocycles. The molecule has 4 rings (SSSR count). The third-order valence-electron chi connectivity index (χ3n) is 7.02. The first-order valence-electron chi connectivity index (χ1n) is 10.9. The first-order valence-corrected chi connectivity index (χ1v) is 10.9. The summed E-state index contributed by atoms with van der Waals surface area (Å²) in [5.74, 6) is 1.28. The number of esters is 1. The van der Waals surface area contributed by atoms with Crippen LogP contribution in [0.5, 0.6) is 0 Å². The van der Waals surface area contributed by atoms with Crippen LogP contribution in [0.3, 0.4) is 0 Å². The van der Waals surface area contributed by atoms with E-state index in [9.17, 15) is 9.59 Å². The number of carbonyl (C=O) groups is 2. The van der Waals surface area contributed by atoms with E-state index in [1.54, 1.807) is 0 Å². The maximum atomic E-state index is 13.1. The topological polar surface area (TPSA) is 58.6 Å². The third kappa shape index (κ3) is 4.95. The number of nitrogens with one attached hydrogen (secondary N) is 1. The van der Waals surface area contributed by atoms with Crippen molar-refractivity contribution in [1.82, 2.24) is 10.2 Å². The summed E-state index contributed by atoms with van der Waals surface area (Å²) in [7, 11) is 1.45. The summed E-state index contributed by atoms with van der Waals surface area (Å²) in [5.41, 5.74) is 3.46. The Morgan fingerprint density at radius 1 is 1.14 bits per heavy atom. The van der Waals surface area contributed by atoms with Crippen molar-refractivity contribution in [1.29, 1.82) is 0 Å². The van der Waals surface area contributed by atoms with Gasteiger partial charge in [0.25, 0.3) is 5.91 Å². The average molecular weight is 421 g/mol. The Balaban J connectivity index is 0.00000240. The van der Waals surface area contributed by atoms with Gasteiger partial charge in [-0.05, 0) is 87.1 Å². The Hall–Kier alpha value is -1.59. The first-order chi connectivity index (χ1) is 13.7. The van der Waals surface area contributed by atoms with Crippen molar-refractivity contribution in [2.75, 3.05) is 20.2 Å². The predicted molar refractivity (Wildman–Crippen MR) is 115 cm³/mol. The average Bonchev–Trinajstić information content (AvgIpc) is 3.09. The highest BCUT2D eigenvalue weighted by Gasteiger charge is 2.35. The minimum Gasteiger partial charge on any atom is -0.469 e. The summed E-state index contributed by atoms with van der Waals surface area (Å²) in [5, 5.41) is 3.42. The van der Waals surface area contributed by atoms with Crippen LogP contribution in [0.2, 0.25) is 0 Å². The quantitative estimate of drug-likeness (QED) is 0.730. The zero-order valence-electron chi connectivity index (χ0n) is 17.3. The standard InChI is InChI=1S/C23H32N2O3.ClH/c1-28-22(26)9-4-16-2-7-20(8-3-16)25-15-19-6-5-18(14-21(19)23(25)27)17-10-12-24-13-11-17;/h5-6,14,16-17,20,24H,2-4,7-13,15H2,1H3;1H. The Morgan fingerprint density at radius 3 is 2.55 bits per heavy atom. The number of methoxy groups -OCH3 is 1. The lowest BCUT2D eigenvalue weighted by Gasteiger charge is -2.34. The van der Waals surface area contributed by atoms with Crippen LogP contribution in [0, 0.1) is 5.92 Å². The van der Waals surface area contributed by atoms with Crippen LogP contribution >= 0.6 is 12.4 Å². The molecule has 0 atom stereocenters. The molecule has 0 unspecified atom stereocenters. The highest BCUT2D eigenvalue weighted by Crippen LogP contribution is 2.36. The van der Waals surface area contributed by atoms with Gasteiger partial charge in [0.2, 0.25) is 0 Å². The zero-order valence-corrected chi connectivity index (χ0v) is 18.1. The van der Waals surface area contributed by atoms with Gasteiger partial charge in [-0.2, -0.15) is 0 Å². The Kier molecular flexibility index (Phi) is 7.58. The summed E-state index contributed by atoms with van der Waals surface area (Å²) in [6.07, 6.45) is 8.04. The summed E-state index contributed by atoms with van der Waals surface area (Å²) in [6.45, 7) is 2.90. The number of ether oxygens (including phenoxy) is 1. The molecular formula is C23H33ClN2O3. The van der Waals surface area contributed by atoms with E-state index < -0.39 is 0 Å². The second-order valence-electron chi connectivity index (χ2n) is 8.66. The molecule has 2 heterocycles. The molecule has 1 saturated carbocycles. The molecule has 2 fully saturated rings. The zero-order chi connectivity index (χ0) is 19.5. The maximum absolute atomic E-state index is 13.1. The molecule has 1 N–H and O–H groups in total. The number of halogens is 1. The van der Waals surface area contributed by atoms with Gasteiger partial charge >= 0.3 is 5.97 Å². The monoisotopic (exact) mass is 420 g/mol. The lowest BCUT2D eigenvalue weighted by molar-refractivity contribution is -0.141. The molecule has 1 aromatic rings. The van der Waals surface area contributed by atoms with Gasteiger partial charge < -0.3 is 15.0 Å². The van der Waals surface area contributed by atoms with Gasteiger partial charge in [0, 0.05) is 24.6 Å². The molecule has 3 aliphatic rings. The number of piperidine rings is 1. The van der Waals surface area contributed by atoms with Crippen LogP contribution in [-0.2, 0) is 16.1 Å². The molecule has 1 aromatic carbocycles. The summed E-state index contributed by atoms with van der Waals surface area (Å²) >= 11 is 0. The molecule has 1 amide bonds. The SMILES string of the molecule is COC(=O)CCC1CCC(N2Cc3ccc(C4CCNCC4)cc3C2=O)CC1.Cl. The molecular weight excluding hydrogens is 388 g/mol. The van der Waals surface area contributed by atoms with Crippen molar-refractivity contribution >= 4 is 24.3 Å². The van der Waals surface area contributed by atoms with Crippen molar-refractivity contribution in [3.8, 4) is 0 Å². The van der Waals surface area contributed by atoms with Crippen molar-refractivity contribution in [2.24, 2.45) is 5.92 Å². The minimum absolute atomic E-state index is 0. The number of rotatable bonds is 5. The first kappa shape index (κ1) is 22.1. The molecule has 5 nitrogen and oxygen atoms in total. The normalized spacial score (nSPS) is 24.7. The van der Waals surface area contributed by atoms with Gasteiger partial charge in [-0.3, -0.25) is 9.59 Å². The molecule has 0 aromatic heterocycles. The van der Waals surface area contributed by atoms with E-state index in [2.05, 4.69) is 28.4 Å². The van der Waals surface area contributed by atoms with Crippen molar-refractivity contribution < 1.29 is 14.3 Å². The number of fused-ring (bicyclic) bond motifs is 1. The van der Waals surface area contributed by atoms with Crippen molar-refractivity contribution in [3.63, 3.8) is 0 Å². The molecule has 160 valence electrons. The summed E-state index contributed by atoms with van der Waals surface area (Å²) in [6, 6.07) is 6.95. The van der Waals surface area contributed by atoms with Gasteiger partial charge in [0.1, 0.15) is 0 Å². The molecule has 29 heavy (non-hydrogen) atoms. The second kappa shape index (κ2) is 9.94. The van der Waals surface area contributed by atoms with Gasteiger partial charge in [0.15, 0.2) is 0 Å². The predicted octanol–water partition coefficient (Wildman–Crippen LogP) is 4.04. The number of carbonyl (C=O) groups excluding carboxylic acids is 2. The van der Waals surface area contributed by atoms with Crippen LogP contribution < -0.4 is 5.32 Å². The molecule has 0 bridgehead atoms. The van der Waals surface area contributed by atoms with Gasteiger partial charge in [-0.1, -0.05) is 12.1 Å². The highest BCUT2D eigenvalue weighted by atomic mass is 35.5. The Labute approximate surface area is 180 Å². The highest BCUT2D eigenvalue weighted by molar-refractivity contribution is 5.98. The van der Waals surface area contributed by atoms with Gasteiger partial charge in [0.05, 0.1) is 7.11 Å². The number of benzene rings is 1. The number of hydrogen-bond acceptors (Lipinski definition) is 4. The van der Waals surface area contributed by atoms with Crippen LogP contribution in [0.15, 0.2) is 18.2 Å². The van der Waals surface area contributed by atoms with Crippen LogP contribution in [0.1, 0.15) is 78.8 Å². The van der Waals surface area contributed by atoms with E-state index in [-0.39, 0.29) is 24.3 Å². The van der Waals surface area contributed by atoms with Gasteiger partial charge in [-0.25, -0.2) is 0 Å². The molecule has 0 spiro atoms. The van der Waals surface area contributed by atoms with Crippen molar-refractivity contribution in [3.05, 3.63) is 34.9 Å². The third-order valence-corrected chi connectivity index (χ3v) is 7.02. The van der Waals surface area contributed by atoms with E-state index in [4.69, 9.17) is 4.74 Å². The van der Waals surface area contributed by atoms with Crippen LogP contribution in [0.25, 0.3) is 0 Å². The largest absolute Gasteiger partial charge is 0.469 e. The fourth-order valence-electron chi connectivity index (χ4n) is 5.21.